The highest BCUT2D eigenvalue weighted by Crippen LogP contribution is 2.07. The Morgan fingerprint density at radius 3 is 2.33 bits per heavy atom. The third-order valence-corrected chi connectivity index (χ3v) is 1.93. The van der Waals surface area contributed by atoms with E-state index in [0.29, 0.717) is 0 Å². The van der Waals surface area contributed by atoms with E-state index in [1.165, 1.54) is 5.39 Å². The third-order valence-electron chi connectivity index (χ3n) is 1.65. The number of hydrogen-bond donors (Lipinski definition) is 1. The lowest BCUT2D eigenvalue weighted by Crippen LogP contribution is -1.90. The zero-order chi connectivity index (χ0) is 11.1. The van der Waals surface area contributed by atoms with Crippen molar-refractivity contribution in [2.75, 3.05) is 6.61 Å². The maximum absolute atomic E-state index is 7.88. The molecule has 0 amide bonds. The van der Waals surface area contributed by atoms with Crippen LogP contribution in [0.4, 0.5) is 0 Å². The van der Waals surface area contributed by atoms with E-state index >= 15 is 0 Å². The van der Waals surface area contributed by atoms with Crippen molar-refractivity contribution in [2.45, 2.75) is 4.84 Å². The van der Waals surface area contributed by atoms with Gasteiger partial charge in [0.1, 0.15) is 4.84 Å². The van der Waals surface area contributed by atoms with Crippen LogP contribution >= 0.6 is 23.2 Å². The van der Waals surface area contributed by atoms with Crippen molar-refractivity contribution >= 4 is 34.1 Å². The third kappa shape index (κ3) is 4.47. The topological polar surface area (TPSA) is 33.1 Å². The van der Waals surface area contributed by atoms with Crippen LogP contribution in [0, 0.1) is 0 Å². The molecular weight excluding hydrogens is 233 g/mol. The maximum atomic E-state index is 7.88. The molecule has 0 fully saturated rings. The summed E-state index contributed by atoms with van der Waals surface area (Å²) in [5, 5.41) is 9.08. The molecule has 2 rings (SSSR count). The fourth-order valence-corrected chi connectivity index (χ4v) is 1.02. The van der Waals surface area contributed by atoms with Crippen LogP contribution in [-0.4, -0.2) is 21.5 Å². The van der Waals surface area contributed by atoms with Crippen molar-refractivity contribution in [3.63, 3.8) is 0 Å². The van der Waals surface area contributed by atoms with E-state index in [-0.39, 0.29) is 6.61 Å². The van der Waals surface area contributed by atoms with E-state index in [1.54, 1.807) is 0 Å². The standard InChI is InChI=1S/C9H7N.C2H4Cl2O/c1-2-6-9-8(4-1)5-3-7-10-9;3-2(4)1-5/h1-7H;2,5H,1H2. The van der Waals surface area contributed by atoms with Crippen molar-refractivity contribution in [1.29, 1.82) is 0 Å². The average molecular weight is 244 g/mol. The maximum Gasteiger partial charge on any atom is 0.130 e. The quantitative estimate of drug-likeness (QED) is 0.782. The van der Waals surface area contributed by atoms with Crippen molar-refractivity contribution in [3.8, 4) is 0 Å². The number of alkyl halides is 2. The van der Waals surface area contributed by atoms with Gasteiger partial charge in [0.05, 0.1) is 12.1 Å². The molecule has 0 aliphatic rings. The van der Waals surface area contributed by atoms with E-state index in [2.05, 4.69) is 17.1 Å². The largest absolute Gasteiger partial charge is 0.394 e. The second-order valence-corrected chi connectivity index (χ2v) is 4.05. The number of pyridine rings is 1. The number of fused-ring (bicyclic) bond motifs is 1. The Balaban J connectivity index is 0.000000195. The van der Waals surface area contributed by atoms with Crippen molar-refractivity contribution in [3.05, 3.63) is 42.6 Å². The Bertz CT molecular complexity index is 341. The number of aliphatic hydroxyl groups is 1. The predicted octanol–water partition coefficient (Wildman–Crippen LogP) is 3.02. The van der Waals surface area contributed by atoms with Gasteiger partial charge in [0.2, 0.25) is 0 Å². The molecule has 80 valence electrons. The first-order valence-corrected chi connectivity index (χ1v) is 5.30. The zero-order valence-electron chi connectivity index (χ0n) is 7.98. The van der Waals surface area contributed by atoms with E-state index in [0.717, 1.165) is 5.52 Å². The number of aliphatic hydroxyl groups excluding tert-OH is 1. The van der Waals surface area contributed by atoms with Gasteiger partial charge in [-0.1, -0.05) is 24.3 Å². The van der Waals surface area contributed by atoms with Crippen LogP contribution in [-0.2, 0) is 0 Å². The molecule has 1 aromatic heterocycles. The monoisotopic (exact) mass is 243 g/mol. The Morgan fingerprint density at radius 1 is 1.13 bits per heavy atom. The van der Waals surface area contributed by atoms with Crippen LogP contribution in [0.1, 0.15) is 0 Å². The number of nitrogens with zero attached hydrogens (tertiary/aromatic N) is 1. The van der Waals surface area contributed by atoms with Crippen LogP contribution in [0.5, 0.6) is 0 Å². The van der Waals surface area contributed by atoms with Gasteiger partial charge < -0.3 is 5.11 Å². The molecule has 2 nitrogen and oxygen atoms in total. The number of rotatable bonds is 1. The molecule has 0 spiro atoms. The fraction of sp³-hybridized carbons (Fsp3) is 0.182. The molecule has 0 bridgehead atoms. The summed E-state index contributed by atoms with van der Waals surface area (Å²) in [5.41, 5.74) is 1.06. The lowest BCUT2D eigenvalue weighted by atomic mass is 10.2. The highest BCUT2D eigenvalue weighted by molar-refractivity contribution is 6.44. The highest BCUT2D eigenvalue weighted by Gasteiger charge is 1.88. The number of halogens is 2. The number of aromatic nitrogens is 1. The minimum Gasteiger partial charge on any atom is -0.394 e. The Labute approximate surface area is 98.5 Å². The molecule has 0 saturated carbocycles. The molecule has 15 heavy (non-hydrogen) atoms. The molecule has 0 saturated heterocycles. The average Bonchev–Trinajstić information content (AvgIpc) is 2.30. The minimum absolute atomic E-state index is 0.164. The summed E-state index contributed by atoms with van der Waals surface area (Å²) in [4.78, 5) is 3.57. The van der Waals surface area contributed by atoms with Crippen LogP contribution in [0.15, 0.2) is 42.6 Å². The van der Waals surface area contributed by atoms with E-state index < -0.39 is 4.84 Å². The summed E-state index contributed by atoms with van der Waals surface area (Å²) in [5.74, 6) is 0. The van der Waals surface area contributed by atoms with Crippen LogP contribution in [0.2, 0.25) is 0 Å². The van der Waals surface area contributed by atoms with Crippen LogP contribution in [0.25, 0.3) is 10.9 Å². The fourth-order valence-electron chi connectivity index (χ4n) is 1.02. The first-order valence-electron chi connectivity index (χ1n) is 4.43. The van der Waals surface area contributed by atoms with Crippen molar-refractivity contribution in [1.82, 2.24) is 4.98 Å². The zero-order valence-corrected chi connectivity index (χ0v) is 9.49. The lowest BCUT2D eigenvalue weighted by Gasteiger charge is -1.91. The number of para-hydroxylation sites is 1. The van der Waals surface area contributed by atoms with E-state index in [9.17, 15) is 0 Å². The Kier molecular flexibility index (Phi) is 5.40. The summed E-state index contributed by atoms with van der Waals surface area (Å²) in [6.45, 7) is -0.164. The van der Waals surface area contributed by atoms with Gasteiger partial charge in [0.25, 0.3) is 0 Å². The van der Waals surface area contributed by atoms with Gasteiger partial charge in [-0.3, -0.25) is 4.98 Å². The summed E-state index contributed by atoms with van der Waals surface area (Å²) in [6, 6.07) is 12.1. The smallest absolute Gasteiger partial charge is 0.130 e. The van der Waals surface area contributed by atoms with Gasteiger partial charge in [-0.15, -0.1) is 23.2 Å². The SMILES string of the molecule is OCC(Cl)Cl.c1ccc2ncccc2c1. The first-order chi connectivity index (χ1) is 7.24. The Morgan fingerprint density at radius 2 is 1.73 bits per heavy atom. The molecule has 0 unspecified atom stereocenters. The van der Waals surface area contributed by atoms with Crippen molar-refractivity contribution in [2.24, 2.45) is 0 Å². The van der Waals surface area contributed by atoms with Gasteiger partial charge in [0, 0.05) is 11.6 Å². The molecule has 1 heterocycles. The van der Waals surface area contributed by atoms with Gasteiger partial charge in [-0.25, -0.2) is 0 Å². The van der Waals surface area contributed by atoms with Gasteiger partial charge in [-0.2, -0.15) is 0 Å². The van der Waals surface area contributed by atoms with E-state index in [4.69, 9.17) is 28.3 Å². The summed E-state index contributed by atoms with van der Waals surface area (Å²) in [7, 11) is 0. The summed E-state index contributed by atoms with van der Waals surface area (Å²) < 4.78 is 0. The van der Waals surface area contributed by atoms with Gasteiger partial charge in [-0.05, 0) is 12.1 Å². The molecular formula is C11H11Cl2NO. The molecule has 0 atom stereocenters. The molecule has 1 aromatic carbocycles. The van der Waals surface area contributed by atoms with Gasteiger partial charge >= 0.3 is 0 Å². The number of hydrogen-bond acceptors (Lipinski definition) is 2. The summed E-state index contributed by atoms with van der Waals surface area (Å²) >= 11 is 9.96. The number of benzene rings is 1. The molecule has 0 aliphatic heterocycles. The van der Waals surface area contributed by atoms with Crippen LogP contribution < -0.4 is 0 Å². The molecule has 2 aromatic rings. The Hall–Kier alpha value is -0.830. The van der Waals surface area contributed by atoms with E-state index in [1.807, 2.05) is 30.5 Å². The minimum atomic E-state index is -0.616. The predicted molar refractivity (Wildman–Crippen MR) is 64.3 cm³/mol. The highest BCUT2D eigenvalue weighted by atomic mass is 35.5. The second-order valence-electron chi connectivity index (χ2n) is 2.77. The molecule has 0 radical (unpaired) electrons. The molecule has 1 N–H and O–H groups in total. The first kappa shape index (κ1) is 12.2. The second kappa shape index (κ2) is 6.62. The van der Waals surface area contributed by atoms with Crippen LogP contribution in [0.3, 0.4) is 0 Å². The molecule has 4 heteroatoms. The summed E-state index contributed by atoms with van der Waals surface area (Å²) in [6.07, 6.45) is 1.81. The lowest BCUT2D eigenvalue weighted by molar-refractivity contribution is 0.313. The van der Waals surface area contributed by atoms with Gasteiger partial charge in [0.15, 0.2) is 0 Å². The normalized spacial score (nSPS) is 9.87. The van der Waals surface area contributed by atoms with Crippen molar-refractivity contribution < 1.29 is 5.11 Å². The molecule has 0 aliphatic carbocycles.